The quantitative estimate of drug-likeness (QED) is 0.293. The molecule has 2 aromatic rings. The maximum Gasteiger partial charge on any atom is 0.224 e. The fraction of sp³-hybridized carbons (Fsp3) is 0.391. The van der Waals surface area contributed by atoms with E-state index in [1.54, 1.807) is 7.05 Å². The first kappa shape index (κ1) is 24.0. The maximum absolute atomic E-state index is 11.7. The number of carbonyl (C=O) groups excluding carboxylic acids is 1. The van der Waals surface area contributed by atoms with Gasteiger partial charge in [0.05, 0.1) is 0 Å². The molecule has 0 spiro atoms. The van der Waals surface area contributed by atoms with Crippen LogP contribution < -0.4 is 20.9 Å². The first-order chi connectivity index (χ1) is 14.2. The standard InChI is InChI=1S/C23H31N5O.HI/c1-3-7-22(29)26-19-12-10-18(11-13-19)16-25-23(24-2)27-20-14-15-28(17-20)21-8-5-4-6-9-21;/h4-6,8-13,20H,3,7,14-17H2,1-2H3,(H,26,29)(H2,24,25,27);1H. The predicted octanol–water partition coefficient (Wildman–Crippen LogP) is 3.99. The molecule has 1 saturated heterocycles. The van der Waals surface area contributed by atoms with Crippen LogP contribution in [-0.4, -0.2) is 38.0 Å². The van der Waals surface area contributed by atoms with Crippen molar-refractivity contribution in [2.75, 3.05) is 30.4 Å². The third-order valence-electron chi connectivity index (χ3n) is 5.05. The van der Waals surface area contributed by atoms with Gasteiger partial charge in [-0.1, -0.05) is 37.3 Å². The molecule has 3 rings (SSSR count). The summed E-state index contributed by atoms with van der Waals surface area (Å²) < 4.78 is 0. The van der Waals surface area contributed by atoms with E-state index in [4.69, 9.17) is 0 Å². The van der Waals surface area contributed by atoms with E-state index in [0.717, 1.165) is 43.1 Å². The van der Waals surface area contributed by atoms with Crippen molar-refractivity contribution in [3.05, 3.63) is 60.2 Å². The SMILES string of the molecule is CCCC(=O)Nc1ccc(CNC(=NC)NC2CCN(c3ccccc3)C2)cc1.I. The second kappa shape index (κ2) is 12.4. The first-order valence-electron chi connectivity index (χ1n) is 10.3. The highest BCUT2D eigenvalue weighted by Crippen LogP contribution is 2.19. The minimum atomic E-state index is 0. The summed E-state index contributed by atoms with van der Waals surface area (Å²) in [6.45, 7) is 4.69. The van der Waals surface area contributed by atoms with Crippen LogP contribution in [0.25, 0.3) is 0 Å². The molecule has 0 saturated carbocycles. The van der Waals surface area contributed by atoms with E-state index in [9.17, 15) is 4.79 Å². The summed E-state index contributed by atoms with van der Waals surface area (Å²) in [6.07, 6.45) is 2.49. The molecule has 1 aliphatic heterocycles. The summed E-state index contributed by atoms with van der Waals surface area (Å²) in [5.74, 6) is 0.870. The van der Waals surface area contributed by atoms with Crippen molar-refractivity contribution in [1.82, 2.24) is 10.6 Å². The number of hydrogen-bond donors (Lipinski definition) is 3. The van der Waals surface area contributed by atoms with Gasteiger partial charge in [0.25, 0.3) is 0 Å². The highest BCUT2D eigenvalue weighted by molar-refractivity contribution is 14.0. The molecule has 0 aromatic heterocycles. The van der Waals surface area contributed by atoms with Gasteiger partial charge in [-0.25, -0.2) is 0 Å². The van der Waals surface area contributed by atoms with E-state index in [1.807, 2.05) is 37.3 Å². The van der Waals surface area contributed by atoms with Gasteiger partial charge >= 0.3 is 0 Å². The van der Waals surface area contributed by atoms with Crippen molar-refractivity contribution in [2.24, 2.45) is 4.99 Å². The van der Waals surface area contributed by atoms with E-state index in [-0.39, 0.29) is 29.9 Å². The van der Waals surface area contributed by atoms with Gasteiger partial charge in [0.1, 0.15) is 0 Å². The fourth-order valence-electron chi connectivity index (χ4n) is 3.48. The number of aliphatic imine (C=N–C) groups is 1. The molecule has 1 amide bonds. The molecule has 1 aliphatic rings. The van der Waals surface area contributed by atoms with Gasteiger partial charge in [0.15, 0.2) is 5.96 Å². The van der Waals surface area contributed by atoms with Crippen LogP contribution in [-0.2, 0) is 11.3 Å². The van der Waals surface area contributed by atoms with Gasteiger partial charge in [0, 0.05) is 50.5 Å². The zero-order valence-corrected chi connectivity index (χ0v) is 20.1. The van der Waals surface area contributed by atoms with Gasteiger partial charge in [-0.2, -0.15) is 0 Å². The number of carbonyl (C=O) groups is 1. The Morgan fingerprint density at radius 3 is 2.53 bits per heavy atom. The van der Waals surface area contributed by atoms with Crippen LogP contribution in [0.1, 0.15) is 31.7 Å². The molecule has 0 bridgehead atoms. The van der Waals surface area contributed by atoms with Gasteiger partial charge < -0.3 is 20.9 Å². The number of para-hydroxylation sites is 1. The number of guanidine groups is 1. The number of nitrogens with one attached hydrogen (secondary N) is 3. The van der Waals surface area contributed by atoms with Crippen LogP contribution >= 0.6 is 24.0 Å². The number of amides is 1. The van der Waals surface area contributed by atoms with Crippen molar-refractivity contribution in [1.29, 1.82) is 0 Å². The van der Waals surface area contributed by atoms with Crippen molar-refractivity contribution >= 4 is 47.2 Å². The second-order valence-corrected chi connectivity index (χ2v) is 7.33. The first-order valence-corrected chi connectivity index (χ1v) is 10.3. The van der Waals surface area contributed by atoms with E-state index < -0.39 is 0 Å². The highest BCUT2D eigenvalue weighted by atomic mass is 127. The predicted molar refractivity (Wildman–Crippen MR) is 136 cm³/mol. The zero-order valence-electron chi connectivity index (χ0n) is 17.7. The Morgan fingerprint density at radius 2 is 1.87 bits per heavy atom. The normalized spacial score (nSPS) is 16.0. The number of hydrogen-bond acceptors (Lipinski definition) is 3. The second-order valence-electron chi connectivity index (χ2n) is 7.33. The van der Waals surface area contributed by atoms with E-state index in [1.165, 1.54) is 5.69 Å². The molecule has 30 heavy (non-hydrogen) atoms. The largest absolute Gasteiger partial charge is 0.369 e. The monoisotopic (exact) mass is 521 g/mol. The molecular formula is C23H32IN5O. The lowest BCUT2D eigenvalue weighted by atomic mass is 10.2. The van der Waals surface area contributed by atoms with E-state index in [0.29, 0.717) is 19.0 Å². The molecule has 2 aromatic carbocycles. The van der Waals surface area contributed by atoms with Crippen molar-refractivity contribution in [2.45, 2.75) is 38.8 Å². The minimum Gasteiger partial charge on any atom is -0.369 e. The van der Waals surface area contributed by atoms with Gasteiger partial charge in [-0.3, -0.25) is 9.79 Å². The van der Waals surface area contributed by atoms with Crippen LogP contribution in [0.3, 0.4) is 0 Å². The summed E-state index contributed by atoms with van der Waals surface area (Å²) in [5.41, 5.74) is 3.24. The summed E-state index contributed by atoms with van der Waals surface area (Å²) >= 11 is 0. The van der Waals surface area contributed by atoms with Gasteiger partial charge in [0.2, 0.25) is 5.91 Å². The Labute approximate surface area is 196 Å². The zero-order chi connectivity index (χ0) is 20.5. The molecular weight excluding hydrogens is 489 g/mol. The Balaban J connectivity index is 0.00000320. The van der Waals surface area contributed by atoms with Crippen LogP contribution in [0, 0.1) is 0 Å². The number of anilines is 2. The van der Waals surface area contributed by atoms with E-state index in [2.05, 4.69) is 50.1 Å². The molecule has 1 heterocycles. The Bertz CT molecular complexity index is 810. The third kappa shape index (κ3) is 7.19. The number of rotatable bonds is 7. The summed E-state index contributed by atoms with van der Waals surface area (Å²) in [6, 6.07) is 18.8. The number of benzene rings is 2. The lowest BCUT2D eigenvalue weighted by Gasteiger charge is -2.20. The van der Waals surface area contributed by atoms with Crippen LogP contribution in [0.5, 0.6) is 0 Å². The van der Waals surface area contributed by atoms with Crippen molar-refractivity contribution < 1.29 is 4.79 Å². The molecule has 3 N–H and O–H groups in total. The van der Waals surface area contributed by atoms with E-state index >= 15 is 0 Å². The molecule has 6 nitrogen and oxygen atoms in total. The smallest absolute Gasteiger partial charge is 0.224 e. The van der Waals surface area contributed by atoms with Gasteiger partial charge in [-0.05, 0) is 42.7 Å². The van der Waals surface area contributed by atoms with Crippen LogP contribution in [0.4, 0.5) is 11.4 Å². The maximum atomic E-state index is 11.7. The fourth-order valence-corrected chi connectivity index (χ4v) is 3.48. The van der Waals surface area contributed by atoms with Crippen LogP contribution in [0.2, 0.25) is 0 Å². The molecule has 162 valence electrons. The Hall–Kier alpha value is -2.29. The lowest BCUT2D eigenvalue weighted by molar-refractivity contribution is -0.116. The van der Waals surface area contributed by atoms with Crippen molar-refractivity contribution in [3.8, 4) is 0 Å². The average Bonchev–Trinajstić information content (AvgIpc) is 3.21. The number of nitrogens with zero attached hydrogens (tertiary/aromatic N) is 2. The molecule has 1 fully saturated rings. The Kier molecular flexibility index (Phi) is 9.93. The molecule has 0 radical (unpaired) electrons. The third-order valence-corrected chi connectivity index (χ3v) is 5.05. The average molecular weight is 521 g/mol. The van der Waals surface area contributed by atoms with Gasteiger partial charge in [-0.15, -0.1) is 24.0 Å². The molecule has 1 atom stereocenters. The van der Waals surface area contributed by atoms with Crippen LogP contribution in [0.15, 0.2) is 59.6 Å². The number of halogens is 1. The Morgan fingerprint density at radius 1 is 1.13 bits per heavy atom. The molecule has 1 unspecified atom stereocenters. The lowest BCUT2D eigenvalue weighted by Crippen LogP contribution is -2.44. The highest BCUT2D eigenvalue weighted by Gasteiger charge is 2.23. The summed E-state index contributed by atoms with van der Waals surface area (Å²) in [5, 5.41) is 9.82. The molecule has 7 heteroatoms. The van der Waals surface area contributed by atoms with Crippen molar-refractivity contribution in [3.63, 3.8) is 0 Å². The minimum absolute atomic E-state index is 0. The summed E-state index contributed by atoms with van der Waals surface area (Å²) in [7, 11) is 1.80. The molecule has 0 aliphatic carbocycles. The summed E-state index contributed by atoms with van der Waals surface area (Å²) in [4.78, 5) is 18.4. The topological polar surface area (TPSA) is 68.8 Å².